The molecule has 2 saturated heterocycles. The van der Waals surface area contributed by atoms with Crippen LogP contribution in [0.5, 0.6) is 0 Å². The van der Waals surface area contributed by atoms with Crippen molar-refractivity contribution < 1.29 is 19.4 Å². The highest BCUT2D eigenvalue weighted by molar-refractivity contribution is 6.18. The van der Waals surface area contributed by atoms with E-state index in [4.69, 9.17) is 16.3 Å². The zero-order valence-electron chi connectivity index (χ0n) is 11.0. The summed E-state index contributed by atoms with van der Waals surface area (Å²) >= 11 is 5.70. The number of hydrogen-bond acceptors (Lipinski definition) is 4. The highest BCUT2D eigenvalue weighted by Crippen LogP contribution is 2.45. The van der Waals surface area contributed by atoms with Crippen LogP contribution in [0.2, 0.25) is 0 Å². The number of alkyl halides is 1. The number of aliphatic hydroxyl groups excluding tert-OH is 1. The van der Waals surface area contributed by atoms with E-state index in [0.29, 0.717) is 12.3 Å². The number of rotatable bonds is 4. The highest BCUT2D eigenvalue weighted by Gasteiger charge is 2.72. The van der Waals surface area contributed by atoms with Crippen molar-refractivity contribution >= 4 is 23.5 Å². The third-order valence-corrected chi connectivity index (χ3v) is 4.85. The number of fused-ring (bicyclic) bond motifs is 1. The first kappa shape index (κ1) is 13.9. The molecule has 5 atom stereocenters. The van der Waals surface area contributed by atoms with E-state index in [1.807, 2.05) is 12.2 Å². The summed E-state index contributed by atoms with van der Waals surface area (Å²) in [5.41, 5.74) is -1.26. The molecule has 0 spiro atoms. The van der Waals surface area contributed by atoms with Gasteiger partial charge in [-0.05, 0) is 25.7 Å². The smallest absolute Gasteiger partial charge is 0.339 e. The van der Waals surface area contributed by atoms with Gasteiger partial charge in [-0.15, -0.1) is 11.6 Å². The van der Waals surface area contributed by atoms with Crippen LogP contribution >= 0.6 is 11.6 Å². The number of carbonyl (C=O) groups excluding carboxylic acids is 2. The van der Waals surface area contributed by atoms with Crippen molar-refractivity contribution in [1.82, 2.24) is 5.32 Å². The fourth-order valence-corrected chi connectivity index (χ4v) is 3.76. The van der Waals surface area contributed by atoms with Gasteiger partial charge in [0.15, 0.2) is 0 Å². The van der Waals surface area contributed by atoms with Gasteiger partial charge in [-0.1, -0.05) is 12.2 Å². The predicted octanol–water partition coefficient (Wildman–Crippen LogP) is 0.743. The maximum atomic E-state index is 12.0. The van der Waals surface area contributed by atoms with Crippen molar-refractivity contribution in [1.29, 1.82) is 0 Å². The second-order valence-electron chi connectivity index (χ2n) is 5.74. The molecule has 2 N–H and O–H groups in total. The number of nitrogens with one attached hydrogen (secondary N) is 1. The molecule has 2 heterocycles. The molecule has 0 aromatic rings. The fraction of sp³-hybridized carbons (Fsp3) is 0.714. The number of allylic oxidation sites excluding steroid dienone is 1. The first-order chi connectivity index (χ1) is 9.61. The summed E-state index contributed by atoms with van der Waals surface area (Å²) in [5.74, 6) is -1.02. The molecule has 1 aliphatic carbocycles. The lowest BCUT2D eigenvalue weighted by Crippen LogP contribution is -2.74. The van der Waals surface area contributed by atoms with Crippen molar-refractivity contribution in [2.24, 2.45) is 11.8 Å². The van der Waals surface area contributed by atoms with E-state index in [1.54, 1.807) is 0 Å². The van der Waals surface area contributed by atoms with Gasteiger partial charge in [-0.25, -0.2) is 4.79 Å². The molecule has 6 heteroatoms. The highest BCUT2D eigenvalue weighted by atomic mass is 35.5. The standard InChI is InChI=1S/C14H18ClNO4/c15-7-6-9-11-14(13(19)20-11,16-12(9)18)10(17)8-4-2-1-3-5-8/h2,4,8-11,17H,1,3,5-7H2,(H,16,18)/t8-,9-,10-,11+,14-/m1/s1. The van der Waals surface area contributed by atoms with Crippen LogP contribution in [0.25, 0.3) is 0 Å². The zero-order chi connectivity index (χ0) is 14.3. The van der Waals surface area contributed by atoms with Gasteiger partial charge in [0, 0.05) is 11.8 Å². The van der Waals surface area contributed by atoms with Crippen LogP contribution in [0.4, 0.5) is 0 Å². The Morgan fingerprint density at radius 1 is 1.55 bits per heavy atom. The summed E-state index contributed by atoms with van der Waals surface area (Å²) in [4.78, 5) is 24.0. The third kappa shape index (κ3) is 1.79. The van der Waals surface area contributed by atoms with Crippen molar-refractivity contribution in [3.8, 4) is 0 Å². The normalized spacial score (nSPS) is 40.6. The minimum absolute atomic E-state index is 0.117. The molecule has 3 aliphatic rings. The molecule has 0 unspecified atom stereocenters. The summed E-state index contributed by atoms with van der Waals surface area (Å²) in [5, 5.41) is 13.3. The van der Waals surface area contributed by atoms with Crippen molar-refractivity contribution in [3.05, 3.63) is 12.2 Å². The van der Waals surface area contributed by atoms with E-state index >= 15 is 0 Å². The molecule has 0 bridgehead atoms. The van der Waals surface area contributed by atoms with Crippen molar-refractivity contribution in [2.45, 2.75) is 43.4 Å². The maximum Gasteiger partial charge on any atom is 0.339 e. The van der Waals surface area contributed by atoms with Crippen molar-refractivity contribution in [3.63, 3.8) is 0 Å². The number of ether oxygens (including phenoxy) is 1. The third-order valence-electron chi connectivity index (χ3n) is 4.64. The number of halogens is 1. The summed E-state index contributed by atoms with van der Waals surface area (Å²) in [6.45, 7) is 0. The van der Waals surface area contributed by atoms with Crippen LogP contribution in [0.1, 0.15) is 25.7 Å². The van der Waals surface area contributed by atoms with Gasteiger partial charge in [0.05, 0.1) is 12.0 Å². The van der Waals surface area contributed by atoms with Gasteiger partial charge in [-0.2, -0.15) is 0 Å². The summed E-state index contributed by atoms with van der Waals surface area (Å²) in [7, 11) is 0. The lowest BCUT2D eigenvalue weighted by molar-refractivity contribution is -0.207. The molecule has 5 nitrogen and oxygen atoms in total. The Kier molecular flexibility index (Phi) is 3.50. The van der Waals surface area contributed by atoms with E-state index in [-0.39, 0.29) is 11.8 Å². The molecular formula is C14H18ClNO4. The SMILES string of the molecule is O=C1N[C@@]2([C@H](O)[C@@H]3C=CCCC3)C(=O)O[C@H]2[C@H]1CCCl. The van der Waals surface area contributed by atoms with E-state index < -0.39 is 29.6 Å². The van der Waals surface area contributed by atoms with Gasteiger partial charge in [0.1, 0.15) is 6.10 Å². The van der Waals surface area contributed by atoms with Gasteiger partial charge in [0.2, 0.25) is 11.4 Å². The monoisotopic (exact) mass is 299 g/mol. The van der Waals surface area contributed by atoms with Crippen LogP contribution in [-0.4, -0.2) is 40.6 Å². The molecule has 20 heavy (non-hydrogen) atoms. The molecule has 1 amide bonds. The minimum Gasteiger partial charge on any atom is -0.456 e. The Labute approximate surface area is 122 Å². The maximum absolute atomic E-state index is 12.0. The van der Waals surface area contributed by atoms with Gasteiger partial charge in [0.25, 0.3) is 0 Å². The predicted molar refractivity (Wildman–Crippen MR) is 72.1 cm³/mol. The first-order valence-electron chi connectivity index (χ1n) is 7.05. The summed E-state index contributed by atoms with van der Waals surface area (Å²) in [6, 6.07) is 0. The minimum atomic E-state index is -1.26. The lowest BCUT2D eigenvalue weighted by Gasteiger charge is -2.47. The average Bonchev–Trinajstić information content (AvgIpc) is 2.69. The van der Waals surface area contributed by atoms with E-state index in [2.05, 4.69) is 5.32 Å². The number of hydrogen-bond donors (Lipinski definition) is 2. The topological polar surface area (TPSA) is 75.6 Å². The van der Waals surface area contributed by atoms with E-state index in [0.717, 1.165) is 19.3 Å². The van der Waals surface area contributed by atoms with Gasteiger partial charge >= 0.3 is 5.97 Å². The Bertz CT molecular complexity index is 466. The molecular weight excluding hydrogens is 282 g/mol. The second-order valence-corrected chi connectivity index (χ2v) is 6.11. The quantitative estimate of drug-likeness (QED) is 0.456. The van der Waals surface area contributed by atoms with Crippen LogP contribution in [-0.2, 0) is 14.3 Å². The number of carbonyl (C=O) groups is 2. The van der Waals surface area contributed by atoms with Crippen LogP contribution < -0.4 is 5.32 Å². The molecule has 0 radical (unpaired) electrons. The Balaban J connectivity index is 1.86. The Morgan fingerprint density at radius 2 is 2.35 bits per heavy atom. The molecule has 0 saturated carbocycles. The summed E-state index contributed by atoms with van der Waals surface area (Å²) < 4.78 is 5.15. The molecule has 2 fully saturated rings. The largest absolute Gasteiger partial charge is 0.456 e. The number of amides is 1. The molecule has 2 aliphatic heterocycles. The van der Waals surface area contributed by atoms with E-state index in [9.17, 15) is 14.7 Å². The first-order valence-corrected chi connectivity index (χ1v) is 7.58. The average molecular weight is 300 g/mol. The number of aliphatic hydroxyl groups is 1. The summed E-state index contributed by atoms with van der Waals surface area (Å²) in [6.07, 6.45) is 5.65. The van der Waals surface area contributed by atoms with Crippen molar-refractivity contribution in [2.75, 3.05) is 5.88 Å². The second kappa shape index (κ2) is 5.04. The Morgan fingerprint density at radius 3 is 2.95 bits per heavy atom. The van der Waals surface area contributed by atoms with Crippen LogP contribution in [0.15, 0.2) is 12.2 Å². The van der Waals surface area contributed by atoms with Gasteiger partial charge in [-0.3, -0.25) is 4.79 Å². The molecule has 0 aromatic carbocycles. The molecule has 110 valence electrons. The fourth-order valence-electron chi connectivity index (χ4n) is 3.52. The van der Waals surface area contributed by atoms with Gasteiger partial charge < -0.3 is 15.2 Å². The number of esters is 1. The molecule has 3 rings (SSSR count). The van der Waals surface area contributed by atoms with E-state index in [1.165, 1.54) is 0 Å². The lowest BCUT2D eigenvalue weighted by atomic mass is 9.72. The van der Waals surface area contributed by atoms with Crippen LogP contribution in [0.3, 0.4) is 0 Å². The van der Waals surface area contributed by atoms with Crippen LogP contribution in [0, 0.1) is 11.8 Å². The molecule has 0 aromatic heterocycles. The zero-order valence-corrected chi connectivity index (χ0v) is 11.8. The Hall–Kier alpha value is -1.07.